The third-order valence-corrected chi connectivity index (χ3v) is 4.28. The van der Waals surface area contributed by atoms with Gasteiger partial charge in [0, 0.05) is 0 Å². The molecule has 4 atom stereocenters. The lowest BCUT2D eigenvalue weighted by Gasteiger charge is -2.30. The molecule has 0 aromatic carbocycles. The van der Waals surface area contributed by atoms with Crippen molar-refractivity contribution in [2.24, 2.45) is 9.98 Å². The van der Waals surface area contributed by atoms with Crippen LogP contribution in [0, 0.1) is 0 Å². The lowest BCUT2D eigenvalue weighted by molar-refractivity contribution is -0.133. The topological polar surface area (TPSA) is 43.2 Å². The highest BCUT2D eigenvalue weighted by Gasteiger charge is 2.25. The van der Waals surface area contributed by atoms with Gasteiger partial charge >= 0.3 is 0 Å². The first-order valence-corrected chi connectivity index (χ1v) is 7.28. The summed E-state index contributed by atoms with van der Waals surface area (Å²) in [7, 11) is 0. The Labute approximate surface area is 108 Å². The molecule has 4 heteroatoms. The summed E-state index contributed by atoms with van der Waals surface area (Å²) in [6, 6.07) is 3.66. The zero-order chi connectivity index (χ0) is 12.2. The van der Waals surface area contributed by atoms with E-state index in [-0.39, 0.29) is 0 Å². The normalized spacial score (nSPS) is 40.9. The maximum atomic E-state index is 5.84. The molecule has 3 aliphatic rings. The zero-order valence-corrected chi connectivity index (χ0v) is 10.9. The second kappa shape index (κ2) is 5.96. The van der Waals surface area contributed by atoms with Crippen molar-refractivity contribution in [3.63, 3.8) is 0 Å². The van der Waals surface area contributed by atoms with E-state index in [0.717, 1.165) is 38.5 Å². The summed E-state index contributed by atoms with van der Waals surface area (Å²) in [6.07, 6.45) is 9.58. The minimum absolute atomic E-state index is 0.313. The van der Waals surface area contributed by atoms with Gasteiger partial charge in [-0.05, 0) is 51.4 Å². The van der Waals surface area contributed by atoms with Gasteiger partial charge < -0.3 is 9.47 Å². The van der Waals surface area contributed by atoms with Gasteiger partial charge in [0.15, 0.2) is 0 Å². The number of hydrogen-bond acceptors (Lipinski definition) is 4. The van der Waals surface area contributed by atoms with E-state index in [0.29, 0.717) is 31.1 Å². The van der Waals surface area contributed by atoms with Gasteiger partial charge in [0.25, 0.3) is 0 Å². The lowest BCUT2D eigenvalue weighted by atomic mass is 9.93. The Morgan fingerprint density at radius 2 is 1.33 bits per heavy atom. The van der Waals surface area contributed by atoms with Crippen molar-refractivity contribution in [2.75, 3.05) is 6.79 Å². The molecule has 0 aromatic rings. The molecular formula is C14H22N2O2. The summed E-state index contributed by atoms with van der Waals surface area (Å²) in [5.74, 6) is 0. The third-order valence-electron chi connectivity index (χ3n) is 4.28. The predicted octanol–water partition coefficient (Wildman–Crippen LogP) is 2.79. The molecule has 4 bridgehead atoms. The molecule has 1 heterocycles. The highest BCUT2D eigenvalue weighted by atomic mass is 16.7. The summed E-state index contributed by atoms with van der Waals surface area (Å²) in [6.45, 7) is 0.447. The van der Waals surface area contributed by atoms with Crippen molar-refractivity contribution in [1.82, 2.24) is 0 Å². The Balaban J connectivity index is 1.72. The number of hydrogen-bond donors (Lipinski definition) is 0. The Bertz CT molecular complexity index is 311. The first-order chi connectivity index (χ1) is 8.90. The van der Waals surface area contributed by atoms with E-state index in [4.69, 9.17) is 9.47 Å². The van der Waals surface area contributed by atoms with Crippen LogP contribution in [0.1, 0.15) is 51.4 Å². The van der Waals surface area contributed by atoms with Gasteiger partial charge in [-0.2, -0.15) is 0 Å². The molecule has 18 heavy (non-hydrogen) atoms. The third kappa shape index (κ3) is 3.19. The molecule has 2 saturated carbocycles. The summed E-state index contributed by atoms with van der Waals surface area (Å²) >= 11 is 0. The van der Waals surface area contributed by atoms with Crippen LogP contribution in [0.4, 0.5) is 0 Å². The molecule has 4 nitrogen and oxygen atoms in total. The largest absolute Gasteiger partial charge is 0.352 e. The Morgan fingerprint density at radius 3 is 1.89 bits per heavy atom. The molecule has 2 fully saturated rings. The SMILES string of the molecule is C1=NC2CCCC(C2)OCOC2CCCC(C2)N=1. The van der Waals surface area contributed by atoms with Crippen LogP contribution in [-0.4, -0.2) is 37.1 Å². The van der Waals surface area contributed by atoms with E-state index < -0.39 is 0 Å². The van der Waals surface area contributed by atoms with Crippen molar-refractivity contribution in [3.05, 3.63) is 0 Å². The van der Waals surface area contributed by atoms with Gasteiger partial charge in [-0.15, -0.1) is 0 Å². The smallest absolute Gasteiger partial charge is 0.147 e. The fourth-order valence-electron chi connectivity index (χ4n) is 3.21. The van der Waals surface area contributed by atoms with Crippen molar-refractivity contribution >= 4 is 6.01 Å². The quantitative estimate of drug-likeness (QED) is 0.663. The summed E-state index contributed by atoms with van der Waals surface area (Å²) in [5.41, 5.74) is 0. The van der Waals surface area contributed by atoms with Gasteiger partial charge in [-0.25, -0.2) is 9.98 Å². The first kappa shape index (κ1) is 12.3. The Kier molecular flexibility index (Phi) is 4.09. The van der Waals surface area contributed by atoms with Gasteiger partial charge in [0.05, 0.1) is 30.3 Å². The average molecular weight is 250 g/mol. The Hall–Kier alpha value is -0.700. The molecule has 0 spiro atoms. The molecule has 0 saturated heterocycles. The fraction of sp³-hybridized carbons (Fsp3) is 0.929. The highest BCUT2D eigenvalue weighted by Crippen LogP contribution is 2.26. The average Bonchev–Trinajstić information content (AvgIpc) is 2.39. The maximum Gasteiger partial charge on any atom is 0.147 e. The zero-order valence-electron chi connectivity index (χ0n) is 10.9. The predicted molar refractivity (Wildman–Crippen MR) is 69.0 cm³/mol. The minimum Gasteiger partial charge on any atom is -0.352 e. The lowest BCUT2D eigenvalue weighted by Crippen LogP contribution is -2.30. The summed E-state index contributed by atoms with van der Waals surface area (Å²) in [5, 5.41) is 0. The molecule has 2 aliphatic carbocycles. The van der Waals surface area contributed by atoms with E-state index in [2.05, 4.69) is 16.0 Å². The van der Waals surface area contributed by atoms with Crippen LogP contribution in [0.25, 0.3) is 0 Å². The summed E-state index contributed by atoms with van der Waals surface area (Å²) < 4.78 is 11.7. The minimum atomic E-state index is 0.313. The second-order valence-corrected chi connectivity index (χ2v) is 5.69. The molecule has 0 N–H and O–H groups in total. The number of fused-ring (bicyclic) bond motifs is 4. The van der Waals surface area contributed by atoms with Crippen molar-refractivity contribution in [3.8, 4) is 0 Å². The van der Waals surface area contributed by atoms with E-state index in [1.807, 2.05) is 0 Å². The Morgan fingerprint density at radius 1 is 0.778 bits per heavy atom. The summed E-state index contributed by atoms with van der Waals surface area (Å²) in [4.78, 5) is 8.97. The number of nitrogens with zero attached hydrogens (tertiary/aromatic N) is 2. The molecule has 1 aliphatic heterocycles. The van der Waals surface area contributed by atoms with Gasteiger partial charge in [-0.3, -0.25) is 0 Å². The molecule has 0 aromatic heterocycles. The maximum absolute atomic E-state index is 5.84. The van der Waals surface area contributed by atoms with Gasteiger partial charge in [0.2, 0.25) is 0 Å². The number of ether oxygens (including phenoxy) is 2. The number of aliphatic imine (C=N–C) groups is 2. The van der Waals surface area contributed by atoms with Crippen LogP contribution in [-0.2, 0) is 9.47 Å². The molecule has 4 unspecified atom stereocenters. The van der Waals surface area contributed by atoms with Crippen molar-refractivity contribution < 1.29 is 9.47 Å². The van der Waals surface area contributed by atoms with Crippen LogP contribution in [0.3, 0.4) is 0 Å². The van der Waals surface area contributed by atoms with Crippen molar-refractivity contribution in [2.45, 2.75) is 75.7 Å². The second-order valence-electron chi connectivity index (χ2n) is 5.69. The highest BCUT2D eigenvalue weighted by molar-refractivity contribution is 5.42. The van der Waals surface area contributed by atoms with E-state index in [1.54, 1.807) is 0 Å². The first-order valence-electron chi connectivity index (χ1n) is 7.28. The molecular weight excluding hydrogens is 228 g/mol. The molecule has 100 valence electrons. The van der Waals surface area contributed by atoms with Crippen molar-refractivity contribution in [1.29, 1.82) is 0 Å². The van der Waals surface area contributed by atoms with Gasteiger partial charge in [-0.1, -0.05) is 0 Å². The van der Waals surface area contributed by atoms with E-state index >= 15 is 0 Å². The molecule has 3 rings (SSSR count). The van der Waals surface area contributed by atoms with Crippen LogP contribution < -0.4 is 0 Å². The van der Waals surface area contributed by atoms with Crippen LogP contribution in [0.15, 0.2) is 9.98 Å². The fourth-order valence-corrected chi connectivity index (χ4v) is 3.21. The number of rotatable bonds is 0. The molecule has 0 radical (unpaired) electrons. The van der Waals surface area contributed by atoms with E-state index in [9.17, 15) is 0 Å². The molecule has 0 amide bonds. The van der Waals surface area contributed by atoms with Gasteiger partial charge in [0.1, 0.15) is 6.79 Å². The monoisotopic (exact) mass is 250 g/mol. The van der Waals surface area contributed by atoms with Crippen LogP contribution in [0.5, 0.6) is 0 Å². The van der Waals surface area contributed by atoms with E-state index in [1.165, 1.54) is 12.8 Å². The van der Waals surface area contributed by atoms with Crippen LogP contribution in [0.2, 0.25) is 0 Å². The van der Waals surface area contributed by atoms with Crippen LogP contribution >= 0.6 is 0 Å². The standard InChI is InChI=1S/C14H22N2O2/c1-3-11-7-13(5-1)17-10-18-14-6-2-4-12(8-14)16-9-15-11/h11-14H,1-8,10H2.